The van der Waals surface area contributed by atoms with Crippen LogP contribution in [0.3, 0.4) is 0 Å². The summed E-state index contributed by atoms with van der Waals surface area (Å²) < 4.78 is -0.0308. The Morgan fingerprint density at radius 3 is 2.64 bits per heavy atom. The van der Waals surface area contributed by atoms with Crippen LogP contribution in [0.2, 0.25) is 0 Å². The molecule has 0 saturated heterocycles. The van der Waals surface area contributed by atoms with Crippen molar-refractivity contribution < 1.29 is 4.79 Å². The molecule has 54 valence electrons. The normalized spacial score (nSPS) is 9.55. The van der Waals surface area contributed by atoms with Crippen molar-refractivity contribution in [1.82, 2.24) is 0 Å². The van der Waals surface area contributed by atoms with Crippen molar-refractivity contribution in [3.63, 3.8) is 0 Å². The second-order valence-electron chi connectivity index (χ2n) is 2.44. The molecule has 0 aliphatic heterocycles. The molecule has 0 aromatic heterocycles. The van der Waals surface area contributed by atoms with Crippen molar-refractivity contribution in [3.8, 4) is 0 Å². The Labute approximate surface area is 73.8 Å². The summed E-state index contributed by atoms with van der Waals surface area (Å²) in [6.07, 6.45) is 0. The van der Waals surface area contributed by atoms with Crippen LogP contribution in [-0.2, 0) is 0 Å². The Hall–Kier alpha value is -0.778. The lowest BCUT2D eigenvalue weighted by atomic mass is 10.1. The third kappa shape index (κ3) is 1.83. The monoisotopic (exact) mass is 161 g/mol. The van der Waals surface area contributed by atoms with Gasteiger partial charge in [-0.25, -0.2) is 0 Å². The summed E-state index contributed by atoms with van der Waals surface area (Å²) in [5.41, 5.74) is 7.90. The number of hydrogen-bond donors (Lipinski definition) is 1. The van der Waals surface area contributed by atoms with Crippen LogP contribution in [0.25, 0.3) is 0 Å². The predicted molar refractivity (Wildman–Crippen MR) is 45.7 cm³/mol. The van der Waals surface area contributed by atoms with Crippen molar-refractivity contribution in [1.29, 1.82) is 0 Å². The largest absolute Gasteiger partial charge is 0.398 e. The van der Waals surface area contributed by atoms with E-state index >= 15 is 0 Å². The molecule has 2 N–H and O–H groups in total. The molecule has 1 aromatic carbocycles. The Bertz CT molecular complexity index is 296. The van der Waals surface area contributed by atoms with Gasteiger partial charge in [-0.2, -0.15) is 0 Å². The molecular formula is C8H8AlNO. The average Bonchev–Trinajstić information content (AvgIpc) is 1.94. The number of anilines is 1. The zero-order valence-electron chi connectivity index (χ0n) is 6.29. The maximum atomic E-state index is 10.8. The first kappa shape index (κ1) is 8.32. The molecule has 1 rings (SSSR count). The first-order valence-corrected chi connectivity index (χ1v) is 3.85. The van der Waals surface area contributed by atoms with Crippen LogP contribution >= 0.6 is 0 Å². The van der Waals surface area contributed by atoms with Crippen LogP contribution in [0, 0.1) is 6.92 Å². The number of hydrogen-bond acceptors (Lipinski definition) is 2. The highest BCUT2D eigenvalue weighted by Crippen LogP contribution is 2.12. The van der Waals surface area contributed by atoms with Gasteiger partial charge >= 0.3 is 0 Å². The quantitative estimate of drug-likeness (QED) is 0.491. The third-order valence-electron chi connectivity index (χ3n) is 1.56. The van der Waals surface area contributed by atoms with Crippen LogP contribution in [0.1, 0.15) is 15.9 Å². The third-order valence-corrected chi connectivity index (χ3v) is 1.90. The van der Waals surface area contributed by atoms with Gasteiger partial charge in [-0.05, 0) is 24.1 Å². The minimum absolute atomic E-state index is 0.0308. The van der Waals surface area contributed by atoms with E-state index in [1.54, 1.807) is 12.1 Å². The Balaban J connectivity index is 3.15. The summed E-state index contributed by atoms with van der Waals surface area (Å²) in [5.74, 6) is 0. The lowest BCUT2D eigenvalue weighted by Gasteiger charge is -2.01. The first-order valence-electron chi connectivity index (χ1n) is 3.27. The molecule has 3 heteroatoms. The van der Waals surface area contributed by atoms with E-state index in [1.807, 2.05) is 13.0 Å². The van der Waals surface area contributed by atoms with Gasteiger partial charge in [0.25, 0.3) is 16.3 Å². The molecule has 2 radical (unpaired) electrons. The van der Waals surface area contributed by atoms with E-state index in [-0.39, 0.29) is 4.65 Å². The molecule has 0 atom stereocenters. The SMILES string of the molecule is Cc1ccc([C](=O)[Al])cc1N. The molecular weight excluding hydrogens is 153 g/mol. The number of nitrogens with two attached hydrogens (primary N) is 1. The molecule has 0 heterocycles. The summed E-state index contributed by atoms with van der Waals surface area (Å²) in [7, 11) is 0. The van der Waals surface area contributed by atoms with Gasteiger partial charge < -0.3 is 10.5 Å². The molecule has 0 unspecified atom stereocenters. The number of carbonyl (C=O) groups is 1. The summed E-state index contributed by atoms with van der Waals surface area (Å²) in [6.45, 7) is 1.91. The minimum atomic E-state index is -0.0308. The molecule has 1 aromatic rings. The number of aryl methyl sites for hydroxylation is 1. The molecule has 0 spiro atoms. The summed E-state index contributed by atoms with van der Waals surface area (Å²) in [5, 5.41) is 0. The van der Waals surface area contributed by atoms with Gasteiger partial charge in [-0.15, -0.1) is 0 Å². The van der Waals surface area contributed by atoms with Gasteiger partial charge in [0.05, 0.1) is 4.65 Å². The van der Waals surface area contributed by atoms with Gasteiger partial charge in [-0.3, -0.25) is 0 Å². The van der Waals surface area contributed by atoms with Crippen molar-refractivity contribution >= 4 is 26.6 Å². The highest BCUT2D eigenvalue weighted by atomic mass is 27.0. The topological polar surface area (TPSA) is 43.1 Å². The summed E-state index contributed by atoms with van der Waals surface area (Å²) in [4.78, 5) is 10.8. The van der Waals surface area contributed by atoms with Crippen molar-refractivity contribution in [3.05, 3.63) is 29.3 Å². The molecule has 0 saturated carbocycles. The van der Waals surface area contributed by atoms with Crippen LogP contribution in [-0.4, -0.2) is 20.9 Å². The Kier molecular flexibility index (Phi) is 2.33. The van der Waals surface area contributed by atoms with Crippen LogP contribution in [0.5, 0.6) is 0 Å². The average molecular weight is 161 g/mol. The second kappa shape index (κ2) is 3.08. The predicted octanol–water partition coefficient (Wildman–Crippen LogP) is 0.886. The van der Waals surface area contributed by atoms with Gasteiger partial charge in [0, 0.05) is 5.69 Å². The fraction of sp³-hybridized carbons (Fsp3) is 0.125. The van der Waals surface area contributed by atoms with Crippen molar-refractivity contribution in [2.24, 2.45) is 0 Å². The zero-order valence-corrected chi connectivity index (χ0v) is 7.45. The number of benzene rings is 1. The minimum Gasteiger partial charge on any atom is -0.398 e. The van der Waals surface area contributed by atoms with Crippen molar-refractivity contribution in [2.75, 3.05) is 5.73 Å². The van der Waals surface area contributed by atoms with E-state index in [0.717, 1.165) is 5.56 Å². The molecule has 0 bridgehead atoms. The lowest BCUT2D eigenvalue weighted by molar-refractivity contribution is 0.108. The highest BCUT2D eigenvalue weighted by molar-refractivity contribution is 6.62. The van der Waals surface area contributed by atoms with E-state index < -0.39 is 0 Å². The molecule has 0 amide bonds. The maximum absolute atomic E-state index is 10.8. The van der Waals surface area contributed by atoms with Crippen LogP contribution in [0.4, 0.5) is 5.69 Å². The van der Waals surface area contributed by atoms with Crippen LogP contribution < -0.4 is 5.73 Å². The second-order valence-corrected chi connectivity index (χ2v) is 2.96. The van der Waals surface area contributed by atoms with Crippen LogP contribution in [0.15, 0.2) is 18.2 Å². The van der Waals surface area contributed by atoms with Crippen molar-refractivity contribution in [2.45, 2.75) is 6.92 Å². The van der Waals surface area contributed by atoms with E-state index in [1.165, 1.54) is 0 Å². The van der Waals surface area contributed by atoms with Gasteiger partial charge in [0.15, 0.2) is 0 Å². The van der Waals surface area contributed by atoms with E-state index in [9.17, 15) is 4.79 Å². The zero-order chi connectivity index (χ0) is 8.43. The van der Waals surface area contributed by atoms with E-state index in [4.69, 9.17) is 5.73 Å². The molecule has 0 aliphatic carbocycles. The summed E-state index contributed by atoms with van der Waals surface area (Å²) in [6, 6.07) is 5.29. The van der Waals surface area contributed by atoms with E-state index in [2.05, 4.69) is 16.3 Å². The maximum Gasteiger partial charge on any atom is 0.250 e. The van der Waals surface area contributed by atoms with Gasteiger partial charge in [-0.1, -0.05) is 12.1 Å². The van der Waals surface area contributed by atoms with Gasteiger partial charge in [0.1, 0.15) is 0 Å². The first-order chi connectivity index (χ1) is 5.11. The smallest absolute Gasteiger partial charge is 0.250 e. The Morgan fingerprint density at radius 2 is 2.18 bits per heavy atom. The number of nitrogen functional groups attached to an aromatic ring is 1. The fourth-order valence-corrected chi connectivity index (χ4v) is 0.973. The fourth-order valence-electron chi connectivity index (χ4n) is 0.794. The molecule has 2 nitrogen and oxygen atoms in total. The molecule has 11 heavy (non-hydrogen) atoms. The summed E-state index contributed by atoms with van der Waals surface area (Å²) >= 11 is 2.12. The van der Waals surface area contributed by atoms with Gasteiger partial charge in [0.2, 0.25) is 0 Å². The number of rotatable bonds is 1. The molecule has 0 fully saturated rings. The lowest BCUT2D eigenvalue weighted by Crippen LogP contribution is -1.99. The highest BCUT2D eigenvalue weighted by Gasteiger charge is 1.98. The van der Waals surface area contributed by atoms with E-state index in [0.29, 0.717) is 11.3 Å². The number of carbonyl (C=O) groups excluding carboxylic acids is 1. The Morgan fingerprint density at radius 1 is 1.55 bits per heavy atom. The standard InChI is InChI=1S/C8H8NO.Al/c1-6-2-3-7(5-10)4-8(6)9;/h2-4H,9H2,1H3;. The molecule has 0 aliphatic rings.